The average Bonchev–Trinajstić information content (AvgIpc) is 2.79. The predicted molar refractivity (Wildman–Crippen MR) is 121 cm³/mol. The molecule has 0 aliphatic carbocycles. The van der Waals surface area contributed by atoms with Crippen molar-refractivity contribution in [1.82, 2.24) is 10.2 Å². The van der Waals surface area contributed by atoms with Gasteiger partial charge in [0.05, 0.1) is 29.0 Å². The summed E-state index contributed by atoms with van der Waals surface area (Å²) in [4.78, 5) is 14.3. The van der Waals surface area contributed by atoms with E-state index < -0.39 is 11.7 Å². The standard InChI is InChI=1S/C22H19Cl2FN4O3/c23-17-11-15(25)12-18(24)22(17)32-13-21(30)26-16-3-1-14(2-4-16)19-5-6-20(28-27-19)29-7-9-31-10-8-29/h1-6,11-12H,7-10,13H2,(H,26,30). The first-order valence-electron chi connectivity index (χ1n) is 9.83. The van der Waals surface area contributed by atoms with E-state index in [1.165, 1.54) is 0 Å². The van der Waals surface area contributed by atoms with E-state index in [0.717, 1.165) is 42.3 Å². The normalized spacial score (nSPS) is 13.7. The molecule has 2 aromatic carbocycles. The fourth-order valence-electron chi connectivity index (χ4n) is 3.17. The smallest absolute Gasteiger partial charge is 0.262 e. The van der Waals surface area contributed by atoms with Crippen LogP contribution in [-0.4, -0.2) is 49.0 Å². The Kier molecular flexibility index (Phi) is 7.04. The monoisotopic (exact) mass is 476 g/mol. The highest BCUT2D eigenvalue weighted by molar-refractivity contribution is 6.37. The SMILES string of the molecule is O=C(COc1c(Cl)cc(F)cc1Cl)Nc1ccc(-c2ccc(N3CCOCC3)nn2)cc1. The third kappa shape index (κ3) is 5.45. The second kappa shape index (κ2) is 10.1. The van der Waals surface area contributed by atoms with Crippen LogP contribution in [-0.2, 0) is 9.53 Å². The molecule has 0 saturated carbocycles. The summed E-state index contributed by atoms with van der Waals surface area (Å²) in [6, 6.07) is 13.2. The van der Waals surface area contributed by atoms with Gasteiger partial charge in [-0.15, -0.1) is 10.2 Å². The largest absolute Gasteiger partial charge is 0.481 e. The van der Waals surface area contributed by atoms with Crippen LogP contribution in [0, 0.1) is 5.82 Å². The summed E-state index contributed by atoms with van der Waals surface area (Å²) in [5, 5.41) is 11.3. The lowest BCUT2D eigenvalue weighted by Gasteiger charge is -2.27. The Bertz CT molecular complexity index is 1070. The number of carbonyl (C=O) groups is 1. The Morgan fingerprint density at radius 1 is 1.06 bits per heavy atom. The minimum atomic E-state index is -0.586. The molecule has 32 heavy (non-hydrogen) atoms. The molecule has 4 rings (SSSR count). The number of aromatic nitrogens is 2. The van der Waals surface area contributed by atoms with Crippen molar-refractivity contribution in [3.8, 4) is 17.0 Å². The van der Waals surface area contributed by atoms with Gasteiger partial charge >= 0.3 is 0 Å². The summed E-state index contributed by atoms with van der Waals surface area (Å²) in [6.45, 7) is 2.63. The highest BCUT2D eigenvalue weighted by Crippen LogP contribution is 2.33. The van der Waals surface area contributed by atoms with Crippen LogP contribution < -0.4 is 15.0 Å². The van der Waals surface area contributed by atoms with E-state index in [2.05, 4.69) is 20.4 Å². The van der Waals surface area contributed by atoms with Gasteiger partial charge in [0.1, 0.15) is 5.82 Å². The van der Waals surface area contributed by atoms with E-state index in [9.17, 15) is 9.18 Å². The molecule has 1 N–H and O–H groups in total. The number of carbonyl (C=O) groups excluding carboxylic acids is 1. The maximum atomic E-state index is 13.2. The van der Waals surface area contributed by atoms with E-state index >= 15 is 0 Å². The molecule has 166 valence electrons. The van der Waals surface area contributed by atoms with E-state index in [0.29, 0.717) is 18.9 Å². The van der Waals surface area contributed by atoms with Crippen LogP contribution in [0.1, 0.15) is 0 Å². The number of anilines is 2. The quantitative estimate of drug-likeness (QED) is 0.566. The second-order valence-corrected chi connectivity index (χ2v) is 7.80. The van der Waals surface area contributed by atoms with Gasteiger partial charge in [-0.1, -0.05) is 35.3 Å². The number of hydrogen-bond acceptors (Lipinski definition) is 6. The van der Waals surface area contributed by atoms with Gasteiger partial charge in [-0.3, -0.25) is 4.79 Å². The molecule has 0 unspecified atom stereocenters. The van der Waals surface area contributed by atoms with Gasteiger partial charge < -0.3 is 19.7 Å². The van der Waals surface area contributed by atoms with Crippen molar-refractivity contribution in [1.29, 1.82) is 0 Å². The Morgan fingerprint density at radius 2 is 1.75 bits per heavy atom. The number of amides is 1. The summed E-state index contributed by atoms with van der Waals surface area (Å²) < 4.78 is 23.9. The molecule has 1 fully saturated rings. The average molecular weight is 477 g/mol. The molecule has 2 heterocycles. The van der Waals surface area contributed by atoms with Crippen molar-refractivity contribution < 1.29 is 18.7 Å². The topological polar surface area (TPSA) is 76.6 Å². The van der Waals surface area contributed by atoms with Crippen molar-refractivity contribution in [2.24, 2.45) is 0 Å². The molecule has 7 nitrogen and oxygen atoms in total. The van der Waals surface area contributed by atoms with Gasteiger partial charge in [-0.05, 0) is 36.4 Å². The molecule has 0 bridgehead atoms. The molecule has 10 heteroatoms. The Hall–Kier alpha value is -2.94. The van der Waals surface area contributed by atoms with Gasteiger partial charge in [-0.25, -0.2) is 4.39 Å². The van der Waals surface area contributed by atoms with Gasteiger partial charge in [0.25, 0.3) is 5.91 Å². The third-order valence-corrected chi connectivity index (χ3v) is 5.32. The van der Waals surface area contributed by atoms with Crippen LogP contribution in [0.5, 0.6) is 5.75 Å². The molecule has 0 atom stereocenters. The minimum absolute atomic E-state index is 0.00657. The minimum Gasteiger partial charge on any atom is -0.481 e. The fraction of sp³-hybridized carbons (Fsp3) is 0.227. The molecular weight excluding hydrogens is 458 g/mol. The lowest BCUT2D eigenvalue weighted by molar-refractivity contribution is -0.118. The molecule has 1 saturated heterocycles. The third-order valence-electron chi connectivity index (χ3n) is 4.76. The highest BCUT2D eigenvalue weighted by atomic mass is 35.5. The maximum Gasteiger partial charge on any atom is 0.262 e. The van der Waals surface area contributed by atoms with Gasteiger partial charge in [0, 0.05) is 24.3 Å². The number of hydrogen-bond donors (Lipinski definition) is 1. The van der Waals surface area contributed by atoms with E-state index in [1.807, 2.05) is 24.3 Å². The molecule has 1 aliphatic rings. The van der Waals surface area contributed by atoms with Gasteiger partial charge in [-0.2, -0.15) is 0 Å². The zero-order valence-electron chi connectivity index (χ0n) is 16.9. The summed E-state index contributed by atoms with van der Waals surface area (Å²) in [7, 11) is 0. The van der Waals surface area contributed by atoms with Crippen molar-refractivity contribution in [3.63, 3.8) is 0 Å². The van der Waals surface area contributed by atoms with Crippen LogP contribution >= 0.6 is 23.2 Å². The molecule has 0 spiro atoms. The number of ether oxygens (including phenoxy) is 2. The first kappa shape index (κ1) is 22.3. The van der Waals surface area contributed by atoms with E-state index in [1.54, 1.807) is 12.1 Å². The van der Waals surface area contributed by atoms with Crippen LogP contribution in [0.3, 0.4) is 0 Å². The molecule has 0 radical (unpaired) electrons. The first-order valence-corrected chi connectivity index (χ1v) is 10.6. The van der Waals surface area contributed by atoms with Gasteiger partial charge in [0.15, 0.2) is 18.2 Å². The lowest BCUT2D eigenvalue weighted by atomic mass is 10.1. The molecule has 3 aromatic rings. The van der Waals surface area contributed by atoms with Crippen molar-refractivity contribution in [2.45, 2.75) is 0 Å². The van der Waals surface area contributed by atoms with Crippen LogP contribution in [0.25, 0.3) is 11.3 Å². The summed E-state index contributed by atoms with van der Waals surface area (Å²) in [6.07, 6.45) is 0. The zero-order valence-corrected chi connectivity index (χ0v) is 18.4. The number of halogens is 3. The van der Waals surface area contributed by atoms with Crippen LogP contribution in [0.2, 0.25) is 10.0 Å². The Morgan fingerprint density at radius 3 is 2.38 bits per heavy atom. The number of benzene rings is 2. The first-order chi connectivity index (χ1) is 15.5. The van der Waals surface area contributed by atoms with Crippen LogP contribution in [0.15, 0.2) is 48.5 Å². The van der Waals surface area contributed by atoms with Crippen LogP contribution in [0.4, 0.5) is 15.9 Å². The lowest BCUT2D eigenvalue weighted by Crippen LogP contribution is -2.36. The maximum absolute atomic E-state index is 13.2. The fourth-order valence-corrected chi connectivity index (χ4v) is 3.74. The highest BCUT2D eigenvalue weighted by Gasteiger charge is 2.14. The molecular formula is C22H19Cl2FN4O3. The summed E-state index contributed by atoms with van der Waals surface area (Å²) in [5.41, 5.74) is 2.17. The van der Waals surface area contributed by atoms with Crippen molar-refractivity contribution in [2.75, 3.05) is 43.1 Å². The number of morpholine rings is 1. The second-order valence-electron chi connectivity index (χ2n) is 6.99. The van der Waals surface area contributed by atoms with E-state index in [-0.39, 0.29) is 22.4 Å². The summed E-state index contributed by atoms with van der Waals surface area (Å²) in [5.74, 6) is -0.122. The number of rotatable bonds is 6. The molecule has 1 amide bonds. The zero-order chi connectivity index (χ0) is 22.5. The Labute approximate surface area is 194 Å². The van der Waals surface area contributed by atoms with Crippen molar-refractivity contribution in [3.05, 3.63) is 64.4 Å². The Balaban J connectivity index is 1.34. The molecule has 1 aliphatic heterocycles. The molecule has 1 aromatic heterocycles. The number of nitrogens with zero attached hydrogens (tertiary/aromatic N) is 3. The van der Waals surface area contributed by atoms with Crippen molar-refractivity contribution >= 4 is 40.6 Å². The summed E-state index contributed by atoms with van der Waals surface area (Å²) >= 11 is 11.8. The predicted octanol–water partition coefficient (Wildman–Crippen LogP) is 4.44. The van der Waals surface area contributed by atoms with Gasteiger partial charge in [0.2, 0.25) is 0 Å². The van der Waals surface area contributed by atoms with E-state index in [4.69, 9.17) is 32.7 Å². The number of nitrogens with one attached hydrogen (secondary N) is 1.